The van der Waals surface area contributed by atoms with E-state index < -0.39 is 18.1 Å². The molecule has 0 fully saturated rings. The number of alkyl halides is 3. The number of unbranched alkanes of at least 4 members (excludes halogenated alkanes) is 1. The summed E-state index contributed by atoms with van der Waals surface area (Å²) >= 11 is 7.35. The number of ketones is 1. The van der Waals surface area contributed by atoms with E-state index in [-0.39, 0.29) is 5.78 Å². The number of Topliss-reactive ketones (excluding diaryl/α,β-unsaturated/α-hetero) is 1. The number of nitrogens with zero attached hydrogens (tertiary/aromatic N) is 2. The molecule has 5 rings (SSSR count). The maximum atomic E-state index is 13.0. The van der Waals surface area contributed by atoms with E-state index in [1.807, 2.05) is 97.1 Å². The number of hydrogen-bond donors (Lipinski definition) is 2. The van der Waals surface area contributed by atoms with Crippen LogP contribution in [0.1, 0.15) is 54.6 Å². The fourth-order valence-electron chi connectivity index (χ4n) is 6.05. The van der Waals surface area contributed by atoms with Crippen LogP contribution in [0.2, 0.25) is 5.02 Å². The fourth-order valence-corrected chi connectivity index (χ4v) is 7.05. The Kier molecular flexibility index (Phi) is 12.9. The van der Waals surface area contributed by atoms with E-state index >= 15 is 0 Å². The zero-order valence-electron chi connectivity index (χ0n) is 27.8. The average molecular weight is 705 g/mol. The summed E-state index contributed by atoms with van der Waals surface area (Å²) in [6.45, 7) is 6.30. The van der Waals surface area contributed by atoms with Gasteiger partial charge in [0.25, 0.3) is 0 Å². The molecular formula is C39H40ClF3N4OS. The molecule has 0 bridgehead atoms. The number of nitrogens with two attached hydrogens (primary N) is 1. The highest BCUT2D eigenvalue weighted by Gasteiger charge is 2.45. The maximum Gasteiger partial charge on any atom is 0.405 e. The van der Waals surface area contributed by atoms with Crippen molar-refractivity contribution in [2.45, 2.75) is 44.7 Å². The van der Waals surface area contributed by atoms with E-state index in [1.165, 1.54) is 11.8 Å². The Labute approximate surface area is 295 Å². The van der Waals surface area contributed by atoms with Crippen molar-refractivity contribution in [1.82, 2.24) is 5.32 Å². The van der Waals surface area contributed by atoms with Crippen molar-refractivity contribution in [2.75, 3.05) is 19.3 Å². The third kappa shape index (κ3) is 9.43. The number of amidine groups is 2. The highest BCUT2D eigenvalue weighted by molar-refractivity contribution is 8.13. The molecule has 0 amide bonds. The maximum absolute atomic E-state index is 13.0. The van der Waals surface area contributed by atoms with Crippen molar-refractivity contribution < 1.29 is 18.0 Å². The van der Waals surface area contributed by atoms with Crippen LogP contribution in [0.4, 0.5) is 13.2 Å². The first-order valence-electron chi connectivity index (χ1n) is 15.8. The zero-order valence-corrected chi connectivity index (χ0v) is 29.4. The van der Waals surface area contributed by atoms with E-state index in [2.05, 4.69) is 21.9 Å². The second-order valence-electron chi connectivity index (χ2n) is 11.6. The summed E-state index contributed by atoms with van der Waals surface area (Å²) in [7, 11) is 1.67. The number of allylic oxidation sites excluding steroid dienone is 1. The topological polar surface area (TPSA) is 79.8 Å². The van der Waals surface area contributed by atoms with Gasteiger partial charge in [-0.3, -0.25) is 9.79 Å². The first-order chi connectivity index (χ1) is 23.4. The Balaban J connectivity index is 0.000000281. The molecule has 0 aromatic heterocycles. The molecule has 256 valence electrons. The summed E-state index contributed by atoms with van der Waals surface area (Å²) in [5.74, 6) is 1.31. The summed E-state index contributed by atoms with van der Waals surface area (Å²) in [6.07, 6.45) is -2.04. The van der Waals surface area contributed by atoms with Crippen molar-refractivity contribution >= 4 is 40.1 Å². The molecule has 0 atom stereocenters. The lowest BCUT2D eigenvalue weighted by atomic mass is 9.72. The van der Waals surface area contributed by atoms with Crippen LogP contribution in [-0.4, -0.2) is 42.3 Å². The molecule has 1 aliphatic rings. The first-order valence-corrected chi connectivity index (χ1v) is 17.2. The molecule has 10 heteroatoms. The predicted molar refractivity (Wildman–Crippen MR) is 200 cm³/mol. The Morgan fingerprint density at radius 3 is 1.96 bits per heavy atom. The van der Waals surface area contributed by atoms with Crippen LogP contribution in [0.15, 0.2) is 119 Å². The fraction of sp³-hybridized carbons (Fsp3) is 0.256. The molecule has 3 N–H and O–H groups in total. The number of nitrogens with one attached hydrogen (secondary N) is 1. The number of carbonyl (C=O) groups is 1. The summed E-state index contributed by atoms with van der Waals surface area (Å²) in [5.41, 5.74) is 12.1. The minimum atomic E-state index is -4.32. The van der Waals surface area contributed by atoms with Gasteiger partial charge >= 0.3 is 6.18 Å². The second kappa shape index (κ2) is 16.9. The molecule has 0 saturated carbocycles. The third-order valence-corrected chi connectivity index (χ3v) is 9.46. The largest absolute Gasteiger partial charge is 0.405 e. The second-order valence-corrected chi connectivity index (χ2v) is 13.1. The third-order valence-electron chi connectivity index (χ3n) is 8.18. The number of hydrogen-bond acceptors (Lipinski definition) is 4. The van der Waals surface area contributed by atoms with Crippen LogP contribution in [-0.2, 0) is 5.41 Å². The number of rotatable bonds is 10. The SMILES string of the molecule is C=C(NCC(F)(F)F)C1(CCCCSC(=NC)/N=C(\C)N)c2ccccc2-c2ccccc21.CC(=O)c1ccccc1-c1ccc(Cl)cc1. The van der Waals surface area contributed by atoms with E-state index in [9.17, 15) is 18.0 Å². The van der Waals surface area contributed by atoms with E-state index in [0.29, 0.717) is 28.1 Å². The van der Waals surface area contributed by atoms with Crippen LogP contribution >= 0.6 is 23.4 Å². The molecule has 0 radical (unpaired) electrons. The van der Waals surface area contributed by atoms with E-state index in [1.54, 1.807) is 20.9 Å². The van der Waals surface area contributed by atoms with E-state index in [4.69, 9.17) is 17.3 Å². The van der Waals surface area contributed by atoms with Crippen molar-refractivity contribution in [3.8, 4) is 22.3 Å². The molecule has 4 aromatic rings. The molecule has 0 unspecified atom stereocenters. The summed E-state index contributed by atoms with van der Waals surface area (Å²) in [6, 6.07) is 30.9. The predicted octanol–water partition coefficient (Wildman–Crippen LogP) is 10.1. The zero-order chi connectivity index (χ0) is 35.6. The van der Waals surface area contributed by atoms with Gasteiger partial charge in [-0.25, -0.2) is 4.99 Å². The molecule has 49 heavy (non-hydrogen) atoms. The average Bonchev–Trinajstić information content (AvgIpc) is 3.37. The van der Waals surface area contributed by atoms with Crippen LogP contribution in [0.25, 0.3) is 22.3 Å². The Bertz CT molecular complexity index is 1790. The first kappa shape index (κ1) is 37.5. The number of carbonyl (C=O) groups excluding carboxylic acids is 1. The van der Waals surface area contributed by atoms with Gasteiger partial charge in [0.05, 0.1) is 11.3 Å². The van der Waals surface area contributed by atoms with Crippen molar-refractivity contribution in [2.24, 2.45) is 15.7 Å². The van der Waals surface area contributed by atoms with Crippen LogP contribution in [0.3, 0.4) is 0 Å². The van der Waals surface area contributed by atoms with Gasteiger partial charge in [0.1, 0.15) is 6.54 Å². The number of benzene rings is 4. The molecule has 0 spiro atoms. The number of halogens is 4. The van der Waals surface area contributed by atoms with Crippen molar-refractivity contribution in [1.29, 1.82) is 0 Å². The lowest BCUT2D eigenvalue weighted by Crippen LogP contribution is -2.39. The molecule has 1 aliphatic carbocycles. The normalized spacial score (nSPS) is 13.5. The Morgan fingerprint density at radius 1 is 0.878 bits per heavy atom. The highest BCUT2D eigenvalue weighted by Crippen LogP contribution is 2.54. The summed E-state index contributed by atoms with van der Waals surface area (Å²) < 4.78 is 39.1. The van der Waals surface area contributed by atoms with Gasteiger partial charge in [0, 0.05) is 29.1 Å². The quantitative estimate of drug-likeness (QED) is 0.0745. The van der Waals surface area contributed by atoms with Gasteiger partial charge in [0.2, 0.25) is 0 Å². The molecule has 0 saturated heterocycles. The van der Waals surface area contributed by atoms with Crippen LogP contribution < -0.4 is 11.1 Å². The van der Waals surface area contributed by atoms with Gasteiger partial charge in [-0.2, -0.15) is 13.2 Å². The Hall–Kier alpha value is -4.34. The number of aliphatic imine (C=N–C) groups is 2. The number of thioether (sulfide) groups is 1. The van der Waals surface area contributed by atoms with Gasteiger partial charge in [0.15, 0.2) is 11.0 Å². The lowest BCUT2D eigenvalue weighted by Gasteiger charge is -2.35. The molecule has 5 nitrogen and oxygen atoms in total. The Morgan fingerprint density at radius 2 is 1.43 bits per heavy atom. The minimum Gasteiger partial charge on any atom is -0.387 e. The highest BCUT2D eigenvalue weighted by atomic mass is 35.5. The molecule has 0 aliphatic heterocycles. The number of fused-ring (bicyclic) bond motifs is 3. The van der Waals surface area contributed by atoms with Gasteiger partial charge in [-0.15, -0.1) is 0 Å². The van der Waals surface area contributed by atoms with Crippen LogP contribution in [0.5, 0.6) is 0 Å². The summed E-state index contributed by atoms with van der Waals surface area (Å²) in [4.78, 5) is 19.8. The lowest BCUT2D eigenvalue weighted by molar-refractivity contribution is -0.123. The standard InChI is InChI=1S/C25H29F3N4S.C14H11ClO/c1-17(31-16-25(26,27)28)24(14-8-9-15-33-23(30-3)32-18(2)29)21-12-6-4-10-19(21)20-11-5-7-13-22(20)24;1-10(16)13-4-2-3-5-14(13)11-6-8-12(15)9-7-11/h4-7,10-13,31H,1,8-9,14-16H2,2-3H3,(H2,29,30,32);2-9H,1H3. The van der Waals surface area contributed by atoms with Gasteiger partial charge < -0.3 is 11.1 Å². The monoisotopic (exact) mass is 704 g/mol. The molecular weight excluding hydrogens is 665 g/mol. The van der Waals surface area contributed by atoms with Crippen molar-refractivity contribution in [3.63, 3.8) is 0 Å². The minimum absolute atomic E-state index is 0.0746. The molecule has 4 aromatic carbocycles. The van der Waals surface area contributed by atoms with Gasteiger partial charge in [-0.05, 0) is 72.2 Å². The van der Waals surface area contributed by atoms with Crippen LogP contribution in [0, 0.1) is 0 Å². The van der Waals surface area contributed by atoms with Crippen molar-refractivity contribution in [3.05, 3.63) is 131 Å². The van der Waals surface area contributed by atoms with Gasteiger partial charge in [-0.1, -0.05) is 121 Å². The summed E-state index contributed by atoms with van der Waals surface area (Å²) in [5, 5.41) is 3.92. The smallest absolute Gasteiger partial charge is 0.387 e. The molecule has 0 heterocycles. The van der Waals surface area contributed by atoms with E-state index in [0.717, 1.165) is 57.5 Å².